The van der Waals surface area contributed by atoms with E-state index in [2.05, 4.69) is 4.98 Å². The Bertz CT molecular complexity index is 822. The Morgan fingerprint density at radius 2 is 2.21 bits per heavy atom. The van der Waals surface area contributed by atoms with E-state index >= 15 is 0 Å². The molecule has 1 aliphatic heterocycles. The van der Waals surface area contributed by atoms with Gasteiger partial charge in [0, 0.05) is 5.02 Å². The van der Waals surface area contributed by atoms with Crippen molar-refractivity contribution in [3.05, 3.63) is 28.0 Å². The highest BCUT2D eigenvalue weighted by Gasteiger charge is 2.41. The molecular formula is C12H13ClN2O2S2. The fraction of sp³-hybridized carbons (Fsp3) is 0.417. The number of fused-ring (bicyclic) bond motifs is 1. The first-order valence-corrected chi connectivity index (χ1v) is 8.53. The van der Waals surface area contributed by atoms with Crippen LogP contribution >= 0.6 is 23.8 Å². The van der Waals surface area contributed by atoms with E-state index < -0.39 is 15.4 Å². The van der Waals surface area contributed by atoms with Crippen molar-refractivity contribution in [3.63, 3.8) is 0 Å². The molecule has 1 saturated heterocycles. The summed E-state index contributed by atoms with van der Waals surface area (Å²) >= 11 is 11.4. The third-order valence-corrected chi connectivity index (χ3v) is 6.08. The van der Waals surface area contributed by atoms with Crippen LogP contribution in [0.4, 0.5) is 0 Å². The summed E-state index contributed by atoms with van der Waals surface area (Å²) in [4.78, 5) is 3.11. The molecule has 1 aromatic heterocycles. The van der Waals surface area contributed by atoms with Crippen LogP contribution in [0.25, 0.3) is 11.0 Å². The van der Waals surface area contributed by atoms with E-state index in [-0.39, 0.29) is 11.5 Å². The van der Waals surface area contributed by atoms with Crippen molar-refractivity contribution >= 4 is 44.7 Å². The molecule has 1 unspecified atom stereocenters. The molecule has 1 fully saturated rings. The quantitative estimate of drug-likeness (QED) is 0.823. The third kappa shape index (κ3) is 2.11. The molecule has 0 spiro atoms. The van der Waals surface area contributed by atoms with Crippen molar-refractivity contribution in [2.75, 3.05) is 11.5 Å². The largest absolute Gasteiger partial charge is 0.331 e. The molecule has 2 aromatic rings. The van der Waals surface area contributed by atoms with Crippen molar-refractivity contribution < 1.29 is 8.42 Å². The van der Waals surface area contributed by atoms with Gasteiger partial charge in [-0.25, -0.2) is 8.42 Å². The molecule has 1 aliphatic rings. The Morgan fingerprint density at radius 3 is 2.84 bits per heavy atom. The van der Waals surface area contributed by atoms with Gasteiger partial charge >= 0.3 is 0 Å². The van der Waals surface area contributed by atoms with Crippen LogP contribution in [-0.2, 0) is 15.4 Å². The number of imidazole rings is 1. The van der Waals surface area contributed by atoms with Gasteiger partial charge in [0.15, 0.2) is 14.6 Å². The number of aromatic amines is 1. The standard InChI is InChI=1S/C12H13ClN2O2S2/c1-12(4-5-19(16,17)7-12)15-10-6-8(13)2-3-9(10)14-11(15)18/h2-3,6H,4-5,7H2,1H3,(H,14,18). The number of nitrogens with zero attached hydrogens (tertiary/aromatic N) is 1. The lowest BCUT2D eigenvalue weighted by Gasteiger charge is -2.25. The molecule has 2 heterocycles. The molecule has 0 amide bonds. The van der Waals surface area contributed by atoms with Crippen molar-refractivity contribution in [2.45, 2.75) is 18.9 Å². The molecule has 0 aliphatic carbocycles. The number of hydrogen-bond acceptors (Lipinski definition) is 3. The van der Waals surface area contributed by atoms with Gasteiger partial charge in [0.2, 0.25) is 0 Å². The Kier molecular flexibility index (Phi) is 2.82. The van der Waals surface area contributed by atoms with Gasteiger partial charge in [-0.1, -0.05) is 11.6 Å². The second kappa shape index (κ2) is 4.07. The fourth-order valence-electron chi connectivity index (χ4n) is 2.78. The second-order valence-electron chi connectivity index (χ2n) is 5.27. The molecule has 4 nitrogen and oxygen atoms in total. The summed E-state index contributed by atoms with van der Waals surface area (Å²) in [5.41, 5.74) is 1.23. The monoisotopic (exact) mass is 316 g/mol. The van der Waals surface area contributed by atoms with Crippen molar-refractivity contribution in [2.24, 2.45) is 0 Å². The first kappa shape index (κ1) is 13.1. The SMILES string of the molecule is CC1(n2c(=S)[nH]c3ccc(Cl)cc32)CCS(=O)(=O)C1. The molecule has 19 heavy (non-hydrogen) atoms. The lowest BCUT2D eigenvalue weighted by Crippen LogP contribution is -2.31. The number of aromatic nitrogens is 2. The van der Waals surface area contributed by atoms with Gasteiger partial charge in [0.25, 0.3) is 0 Å². The maximum Gasteiger partial charge on any atom is 0.178 e. The van der Waals surface area contributed by atoms with Crippen molar-refractivity contribution in [3.8, 4) is 0 Å². The maximum absolute atomic E-state index is 11.8. The van der Waals surface area contributed by atoms with Crippen LogP contribution in [0.1, 0.15) is 13.3 Å². The van der Waals surface area contributed by atoms with Crippen molar-refractivity contribution in [1.29, 1.82) is 0 Å². The third-order valence-electron chi connectivity index (χ3n) is 3.67. The van der Waals surface area contributed by atoms with Crippen LogP contribution in [0.3, 0.4) is 0 Å². The van der Waals surface area contributed by atoms with Crippen LogP contribution < -0.4 is 0 Å². The zero-order chi connectivity index (χ0) is 13.8. The zero-order valence-corrected chi connectivity index (χ0v) is 12.7. The van der Waals surface area contributed by atoms with E-state index in [0.717, 1.165) is 11.0 Å². The number of benzene rings is 1. The Labute approximate surface area is 121 Å². The number of nitrogens with one attached hydrogen (secondary N) is 1. The highest BCUT2D eigenvalue weighted by Crippen LogP contribution is 2.34. The number of H-pyrrole nitrogens is 1. The summed E-state index contributed by atoms with van der Waals surface area (Å²) in [6.45, 7) is 1.93. The van der Waals surface area contributed by atoms with Crippen LogP contribution in [0.15, 0.2) is 18.2 Å². The van der Waals surface area contributed by atoms with Crippen LogP contribution in [0, 0.1) is 4.77 Å². The van der Waals surface area contributed by atoms with Crippen LogP contribution in [-0.4, -0.2) is 29.5 Å². The van der Waals surface area contributed by atoms with Gasteiger partial charge < -0.3 is 9.55 Å². The molecule has 0 saturated carbocycles. The summed E-state index contributed by atoms with van der Waals surface area (Å²) in [6, 6.07) is 5.46. The average Bonchev–Trinajstić information content (AvgIpc) is 2.75. The Morgan fingerprint density at radius 1 is 1.47 bits per heavy atom. The van der Waals surface area contributed by atoms with E-state index in [9.17, 15) is 8.42 Å². The van der Waals surface area contributed by atoms with Gasteiger partial charge in [-0.2, -0.15) is 0 Å². The normalized spacial score (nSPS) is 26.0. The minimum atomic E-state index is -2.99. The molecule has 7 heteroatoms. The summed E-state index contributed by atoms with van der Waals surface area (Å²) in [5.74, 6) is 0.326. The van der Waals surface area contributed by atoms with Crippen LogP contribution in [0.5, 0.6) is 0 Å². The first-order chi connectivity index (χ1) is 8.81. The second-order valence-corrected chi connectivity index (χ2v) is 8.27. The highest BCUT2D eigenvalue weighted by atomic mass is 35.5. The van der Waals surface area contributed by atoms with Gasteiger partial charge in [-0.05, 0) is 43.8 Å². The lowest BCUT2D eigenvalue weighted by atomic mass is 10.0. The lowest BCUT2D eigenvalue weighted by molar-refractivity contribution is 0.372. The van der Waals surface area contributed by atoms with Gasteiger partial charge in [-0.3, -0.25) is 0 Å². The smallest absolute Gasteiger partial charge is 0.178 e. The van der Waals surface area contributed by atoms with E-state index in [0.29, 0.717) is 16.2 Å². The van der Waals surface area contributed by atoms with Crippen LogP contribution in [0.2, 0.25) is 5.02 Å². The van der Waals surface area contributed by atoms with E-state index in [1.54, 1.807) is 6.07 Å². The number of sulfone groups is 1. The molecule has 1 aromatic carbocycles. The minimum Gasteiger partial charge on any atom is -0.331 e. The molecule has 0 radical (unpaired) electrons. The summed E-state index contributed by atoms with van der Waals surface area (Å²) in [6.07, 6.45) is 0.573. The Hall–Kier alpha value is -0.850. The molecule has 0 bridgehead atoms. The maximum atomic E-state index is 11.8. The van der Waals surface area contributed by atoms with E-state index in [1.165, 1.54) is 0 Å². The predicted octanol–water partition coefficient (Wildman–Crippen LogP) is 2.89. The Balaban J connectivity index is 2.29. The number of rotatable bonds is 1. The first-order valence-electron chi connectivity index (χ1n) is 5.92. The molecule has 3 rings (SSSR count). The summed E-state index contributed by atoms with van der Waals surface area (Å²) < 4.78 is 26.0. The number of hydrogen-bond donors (Lipinski definition) is 1. The van der Waals surface area contributed by atoms with Gasteiger partial charge in [0.1, 0.15) is 0 Å². The topological polar surface area (TPSA) is 54.9 Å². The molecule has 102 valence electrons. The minimum absolute atomic E-state index is 0.119. The van der Waals surface area contributed by atoms with Gasteiger partial charge in [-0.15, -0.1) is 0 Å². The van der Waals surface area contributed by atoms with E-state index in [4.69, 9.17) is 23.8 Å². The fourth-order valence-corrected chi connectivity index (χ4v) is 5.49. The van der Waals surface area contributed by atoms with Gasteiger partial charge in [0.05, 0.1) is 28.1 Å². The zero-order valence-electron chi connectivity index (χ0n) is 10.3. The number of halogens is 1. The molecular weight excluding hydrogens is 304 g/mol. The van der Waals surface area contributed by atoms with Crippen molar-refractivity contribution in [1.82, 2.24) is 9.55 Å². The predicted molar refractivity (Wildman–Crippen MR) is 79.1 cm³/mol. The molecule has 1 atom stereocenters. The van der Waals surface area contributed by atoms with E-state index in [1.807, 2.05) is 23.6 Å². The average molecular weight is 317 g/mol. The summed E-state index contributed by atoms with van der Waals surface area (Å²) in [7, 11) is -2.99. The highest BCUT2D eigenvalue weighted by molar-refractivity contribution is 7.91. The summed E-state index contributed by atoms with van der Waals surface area (Å²) in [5, 5.41) is 0.611. The molecule has 1 N–H and O–H groups in total.